The number of hydrogen-bond donors (Lipinski definition) is 1. The molecule has 1 N–H and O–H groups in total. The van der Waals surface area contributed by atoms with Crippen molar-refractivity contribution in [3.8, 4) is 0 Å². The topological polar surface area (TPSA) is 21.3 Å². The van der Waals surface area contributed by atoms with Crippen molar-refractivity contribution in [1.82, 2.24) is 5.32 Å². The number of benzene rings is 1. The minimum Gasteiger partial charge on any atom is -0.380 e. The predicted molar refractivity (Wildman–Crippen MR) is 64.5 cm³/mol. The number of aryl methyl sites for hydroxylation is 1. The molecule has 0 aromatic heterocycles. The normalized spacial score (nSPS) is 12.8. The van der Waals surface area contributed by atoms with Crippen molar-refractivity contribution in [1.29, 1.82) is 0 Å². The van der Waals surface area contributed by atoms with Crippen molar-refractivity contribution in [2.75, 3.05) is 20.3 Å². The molecule has 0 fully saturated rings. The summed E-state index contributed by atoms with van der Waals surface area (Å²) in [5, 5.41) is 4.04. The summed E-state index contributed by atoms with van der Waals surface area (Å²) in [5.41, 5.74) is 2.21. The van der Waals surface area contributed by atoms with Gasteiger partial charge in [-0.25, -0.2) is 0 Å². The third-order valence-electron chi connectivity index (χ3n) is 2.43. The Labute approximate surface area is 96.6 Å². The second-order valence-corrected chi connectivity index (χ2v) is 3.86. The van der Waals surface area contributed by atoms with E-state index in [1.54, 1.807) is 0 Å². The number of halogens is 1. The van der Waals surface area contributed by atoms with E-state index >= 15 is 0 Å². The van der Waals surface area contributed by atoms with Crippen LogP contribution in [0.2, 0.25) is 5.02 Å². The van der Waals surface area contributed by atoms with Crippen molar-refractivity contribution in [2.24, 2.45) is 0 Å². The first-order chi connectivity index (χ1) is 7.20. The quantitative estimate of drug-likeness (QED) is 0.835. The minimum atomic E-state index is 0.164. The summed E-state index contributed by atoms with van der Waals surface area (Å²) in [7, 11) is 1.92. The first-order valence-corrected chi connectivity index (χ1v) is 5.58. The molecule has 0 amide bonds. The fraction of sp³-hybridized carbons (Fsp3) is 0.500. The summed E-state index contributed by atoms with van der Waals surface area (Å²) in [5.74, 6) is 0. The smallest absolute Gasteiger partial charge is 0.0661 e. The van der Waals surface area contributed by atoms with Gasteiger partial charge in [-0.1, -0.05) is 29.8 Å². The third-order valence-corrected chi connectivity index (χ3v) is 2.95. The number of rotatable bonds is 5. The largest absolute Gasteiger partial charge is 0.380 e. The Morgan fingerprint density at radius 2 is 2.20 bits per heavy atom. The molecule has 0 aliphatic rings. The van der Waals surface area contributed by atoms with E-state index in [0.717, 1.165) is 22.8 Å². The summed E-state index contributed by atoms with van der Waals surface area (Å²) in [6, 6.07) is 6.24. The molecular weight excluding hydrogens is 210 g/mol. The summed E-state index contributed by atoms with van der Waals surface area (Å²) >= 11 is 6.25. The van der Waals surface area contributed by atoms with Crippen LogP contribution < -0.4 is 5.32 Å². The summed E-state index contributed by atoms with van der Waals surface area (Å²) < 4.78 is 5.41. The number of likely N-dealkylation sites (N-methyl/N-ethyl adjacent to an activating group) is 1. The molecule has 0 bridgehead atoms. The van der Waals surface area contributed by atoms with Crippen LogP contribution in [0.25, 0.3) is 0 Å². The third kappa shape index (κ3) is 3.20. The zero-order valence-corrected chi connectivity index (χ0v) is 10.3. The van der Waals surface area contributed by atoms with Crippen LogP contribution in [-0.2, 0) is 4.74 Å². The molecule has 1 unspecified atom stereocenters. The lowest BCUT2D eigenvalue weighted by atomic mass is 10.1. The monoisotopic (exact) mass is 227 g/mol. The molecule has 2 nitrogen and oxygen atoms in total. The van der Waals surface area contributed by atoms with Gasteiger partial charge in [0.05, 0.1) is 12.6 Å². The van der Waals surface area contributed by atoms with Gasteiger partial charge in [0.25, 0.3) is 0 Å². The highest BCUT2D eigenvalue weighted by atomic mass is 35.5. The van der Waals surface area contributed by atoms with Crippen LogP contribution in [0.15, 0.2) is 18.2 Å². The fourth-order valence-corrected chi connectivity index (χ4v) is 1.76. The predicted octanol–water partition coefficient (Wildman–Crippen LogP) is 2.95. The molecular formula is C12H18ClNO. The summed E-state index contributed by atoms with van der Waals surface area (Å²) in [4.78, 5) is 0. The van der Waals surface area contributed by atoms with Crippen LogP contribution in [0.4, 0.5) is 0 Å². The van der Waals surface area contributed by atoms with Crippen LogP contribution in [0.1, 0.15) is 24.1 Å². The van der Waals surface area contributed by atoms with E-state index in [1.165, 1.54) is 0 Å². The van der Waals surface area contributed by atoms with Crippen molar-refractivity contribution in [3.63, 3.8) is 0 Å². The fourth-order valence-electron chi connectivity index (χ4n) is 1.50. The van der Waals surface area contributed by atoms with Crippen LogP contribution in [0, 0.1) is 6.92 Å². The van der Waals surface area contributed by atoms with E-state index in [0.29, 0.717) is 6.61 Å². The Hall–Kier alpha value is -0.570. The molecule has 0 saturated heterocycles. The molecule has 1 aromatic carbocycles. The zero-order valence-electron chi connectivity index (χ0n) is 9.51. The van der Waals surface area contributed by atoms with Gasteiger partial charge < -0.3 is 10.1 Å². The van der Waals surface area contributed by atoms with E-state index < -0.39 is 0 Å². The van der Waals surface area contributed by atoms with Crippen molar-refractivity contribution < 1.29 is 4.74 Å². The van der Waals surface area contributed by atoms with Gasteiger partial charge in [0, 0.05) is 11.6 Å². The highest BCUT2D eigenvalue weighted by molar-refractivity contribution is 6.32. The van der Waals surface area contributed by atoms with Gasteiger partial charge in [-0.2, -0.15) is 0 Å². The summed E-state index contributed by atoms with van der Waals surface area (Å²) in [6.45, 7) is 5.38. The Bertz CT molecular complexity index is 314. The van der Waals surface area contributed by atoms with Gasteiger partial charge in [0.15, 0.2) is 0 Å². The van der Waals surface area contributed by atoms with E-state index in [1.807, 2.05) is 39.1 Å². The van der Waals surface area contributed by atoms with Crippen molar-refractivity contribution in [2.45, 2.75) is 19.9 Å². The molecule has 0 radical (unpaired) electrons. The Kier molecular flexibility index (Phi) is 5.09. The maximum absolute atomic E-state index is 6.25. The number of ether oxygens (including phenoxy) is 1. The Morgan fingerprint density at radius 3 is 2.80 bits per heavy atom. The molecule has 84 valence electrons. The molecule has 0 heterocycles. The van der Waals surface area contributed by atoms with E-state index in [4.69, 9.17) is 16.3 Å². The number of nitrogens with one attached hydrogen (secondary N) is 1. The number of hydrogen-bond acceptors (Lipinski definition) is 2. The average molecular weight is 228 g/mol. The summed E-state index contributed by atoms with van der Waals surface area (Å²) in [6.07, 6.45) is 0. The van der Waals surface area contributed by atoms with Crippen LogP contribution in [0.5, 0.6) is 0 Å². The van der Waals surface area contributed by atoms with E-state index in [9.17, 15) is 0 Å². The minimum absolute atomic E-state index is 0.164. The maximum Gasteiger partial charge on any atom is 0.0661 e. The standard InChI is InChI=1S/C12H18ClNO/c1-4-15-8-11(14-3)10-7-5-6-9(2)12(10)13/h5-7,11,14H,4,8H2,1-3H3. The average Bonchev–Trinajstić information content (AvgIpc) is 2.25. The lowest BCUT2D eigenvalue weighted by molar-refractivity contribution is 0.125. The van der Waals surface area contributed by atoms with Gasteiger partial charge >= 0.3 is 0 Å². The van der Waals surface area contributed by atoms with Crippen LogP contribution >= 0.6 is 11.6 Å². The van der Waals surface area contributed by atoms with Crippen molar-refractivity contribution >= 4 is 11.6 Å². The Morgan fingerprint density at radius 1 is 1.47 bits per heavy atom. The highest BCUT2D eigenvalue weighted by Gasteiger charge is 2.13. The second kappa shape index (κ2) is 6.11. The lowest BCUT2D eigenvalue weighted by Crippen LogP contribution is -2.22. The first kappa shape index (κ1) is 12.5. The van der Waals surface area contributed by atoms with Crippen LogP contribution in [0.3, 0.4) is 0 Å². The van der Waals surface area contributed by atoms with Gasteiger partial charge in [0.1, 0.15) is 0 Å². The van der Waals surface area contributed by atoms with Gasteiger partial charge in [0.2, 0.25) is 0 Å². The van der Waals surface area contributed by atoms with E-state index in [2.05, 4.69) is 5.32 Å². The first-order valence-electron chi connectivity index (χ1n) is 5.20. The highest BCUT2D eigenvalue weighted by Crippen LogP contribution is 2.26. The van der Waals surface area contributed by atoms with Gasteiger partial charge in [-0.05, 0) is 32.0 Å². The molecule has 1 aromatic rings. The van der Waals surface area contributed by atoms with Crippen molar-refractivity contribution in [3.05, 3.63) is 34.3 Å². The molecule has 1 atom stereocenters. The second-order valence-electron chi connectivity index (χ2n) is 3.48. The maximum atomic E-state index is 6.25. The molecule has 0 aliphatic heterocycles. The Balaban J connectivity index is 2.86. The molecule has 0 spiro atoms. The molecule has 0 saturated carbocycles. The van der Waals surface area contributed by atoms with Crippen LogP contribution in [-0.4, -0.2) is 20.3 Å². The zero-order chi connectivity index (χ0) is 11.3. The molecule has 0 aliphatic carbocycles. The van der Waals surface area contributed by atoms with Gasteiger partial charge in [-0.3, -0.25) is 0 Å². The molecule has 1 rings (SSSR count). The van der Waals surface area contributed by atoms with Gasteiger partial charge in [-0.15, -0.1) is 0 Å². The lowest BCUT2D eigenvalue weighted by Gasteiger charge is -2.18. The SMILES string of the molecule is CCOCC(NC)c1cccc(C)c1Cl. The van der Waals surface area contributed by atoms with E-state index in [-0.39, 0.29) is 6.04 Å². The molecule has 15 heavy (non-hydrogen) atoms. The molecule has 3 heteroatoms.